The zero-order valence-electron chi connectivity index (χ0n) is 8.14. The van der Waals surface area contributed by atoms with Gasteiger partial charge in [0.1, 0.15) is 6.10 Å². The third-order valence-corrected chi connectivity index (χ3v) is 5.63. The van der Waals surface area contributed by atoms with Crippen molar-refractivity contribution in [2.45, 2.75) is 6.10 Å². The fraction of sp³-hybridized carbons (Fsp3) is 0.333. The summed E-state index contributed by atoms with van der Waals surface area (Å²) in [5.41, 5.74) is 1.11. The molecule has 1 aromatic rings. The van der Waals surface area contributed by atoms with Crippen molar-refractivity contribution in [3.8, 4) is 0 Å². The van der Waals surface area contributed by atoms with E-state index in [-0.39, 0.29) is 6.10 Å². The highest BCUT2D eigenvalue weighted by molar-refractivity contribution is 9.10. The quantitative estimate of drug-likeness (QED) is 0.851. The summed E-state index contributed by atoms with van der Waals surface area (Å²) in [5, 5.41) is 3.12. The fourth-order valence-corrected chi connectivity index (χ4v) is 3.72. The first-order valence-electron chi connectivity index (χ1n) is 4.48. The second-order valence-electron chi connectivity index (χ2n) is 3.16. The van der Waals surface area contributed by atoms with Gasteiger partial charge in [-0.25, -0.2) is 5.09 Å². The molecule has 0 aromatic heterocycles. The average molecular weight is 308 g/mol. The van der Waals surface area contributed by atoms with E-state index in [1.54, 1.807) is 7.11 Å². The second-order valence-corrected chi connectivity index (χ2v) is 7.34. The lowest BCUT2D eigenvalue weighted by molar-refractivity contribution is 0.233. The van der Waals surface area contributed by atoms with E-state index in [4.69, 9.17) is 20.9 Å². The zero-order chi connectivity index (χ0) is 10.9. The van der Waals surface area contributed by atoms with Gasteiger partial charge < -0.3 is 9.05 Å². The van der Waals surface area contributed by atoms with Gasteiger partial charge in [-0.1, -0.05) is 34.1 Å². The summed E-state index contributed by atoms with van der Waals surface area (Å²) in [5.74, 6) is 0. The molecular weight excluding hydrogens is 297 g/mol. The van der Waals surface area contributed by atoms with E-state index < -0.39 is 6.64 Å². The van der Waals surface area contributed by atoms with Crippen LogP contribution in [0.1, 0.15) is 11.7 Å². The highest BCUT2D eigenvalue weighted by atomic mass is 79.9. The molecule has 2 rings (SSSR count). The van der Waals surface area contributed by atoms with Crippen molar-refractivity contribution in [1.82, 2.24) is 5.09 Å². The van der Waals surface area contributed by atoms with Crippen LogP contribution < -0.4 is 5.09 Å². The van der Waals surface area contributed by atoms with Crippen LogP contribution in [0.2, 0.25) is 0 Å². The Labute approximate surface area is 103 Å². The largest absolute Gasteiger partial charge is 0.321 e. The Morgan fingerprint density at radius 1 is 1.60 bits per heavy atom. The van der Waals surface area contributed by atoms with Crippen LogP contribution in [0, 0.1) is 0 Å². The first-order chi connectivity index (χ1) is 7.14. The van der Waals surface area contributed by atoms with Crippen LogP contribution in [-0.2, 0) is 20.9 Å². The average Bonchev–Trinajstić information content (AvgIpc) is 2.63. The molecule has 1 saturated heterocycles. The first kappa shape index (κ1) is 11.7. The minimum atomic E-state index is -2.23. The molecule has 0 spiro atoms. The number of benzene rings is 1. The molecule has 6 heteroatoms. The first-order valence-corrected chi connectivity index (χ1v) is 7.91. The van der Waals surface area contributed by atoms with Gasteiger partial charge in [-0.05, 0) is 23.4 Å². The van der Waals surface area contributed by atoms with Gasteiger partial charge in [-0.3, -0.25) is 0 Å². The third-order valence-electron chi connectivity index (χ3n) is 2.23. The highest BCUT2D eigenvalue weighted by Crippen LogP contribution is 2.53. The van der Waals surface area contributed by atoms with Crippen LogP contribution in [0.3, 0.4) is 0 Å². The molecule has 1 heterocycles. The maximum Gasteiger partial charge on any atom is 0.261 e. The summed E-state index contributed by atoms with van der Waals surface area (Å²) in [6.45, 7) is -1.53. The molecule has 0 bridgehead atoms. The summed E-state index contributed by atoms with van der Waals surface area (Å²) in [6.07, 6.45) is -0.0219. The molecular formula is C9H11BrNO2PS. The van der Waals surface area contributed by atoms with Gasteiger partial charge in [-0.2, -0.15) is 0 Å². The molecule has 0 saturated carbocycles. The van der Waals surface area contributed by atoms with Crippen LogP contribution in [0.15, 0.2) is 28.7 Å². The van der Waals surface area contributed by atoms with Crippen molar-refractivity contribution in [1.29, 1.82) is 0 Å². The molecule has 1 aliphatic rings. The van der Waals surface area contributed by atoms with Gasteiger partial charge in [0.25, 0.3) is 6.64 Å². The van der Waals surface area contributed by atoms with Crippen molar-refractivity contribution in [2.75, 3.05) is 13.7 Å². The summed E-state index contributed by atoms with van der Waals surface area (Å²) in [4.78, 5) is 0. The third kappa shape index (κ3) is 2.49. The summed E-state index contributed by atoms with van der Waals surface area (Å²) < 4.78 is 11.9. The molecule has 0 amide bonds. The molecule has 1 aromatic carbocycles. The summed E-state index contributed by atoms with van der Waals surface area (Å²) >= 11 is 8.72. The van der Waals surface area contributed by atoms with Gasteiger partial charge in [0.2, 0.25) is 0 Å². The van der Waals surface area contributed by atoms with Gasteiger partial charge in [0.05, 0.1) is 0 Å². The molecule has 1 fully saturated rings. The zero-order valence-corrected chi connectivity index (χ0v) is 11.4. The molecule has 1 aliphatic heterocycles. The Morgan fingerprint density at radius 2 is 2.33 bits per heavy atom. The normalized spacial score (nSPS) is 30.7. The number of halogens is 1. The standard InChI is InChI=1S/C9H11BrNO2PS/c1-12-14(15)11-6-9(13-14)7-4-2-3-5-8(7)10/h2-5,9H,6H2,1H3,(H,11,15). The monoisotopic (exact) mass is 307 g/mol. The van der Waals surface area contributed by atoms with E-state index in [9.17, 15) is 0 Å². The Balaban J connectivity index is 2.22. The molecule has 2 atom stereocenters. The lowest BCUT2D eigenvalue weighted by atomic mass is 10.1. The molecule has 15 heavy (non-hydrogen) atoms. The Hall–Kier alpha value is 0.230. The SMILES string of the molecule is COP1(=S)NCC(c2ccccc2Br)O1. The predicted octanol–water partition coefficient (Wildman–Crippen LogP) is 2.98. The van der Waals surface area contributed by atoms with E-state index in [0.717, 1.165) is 10.0 Å². The van der Waals surface area contributed by atoms with Crippen molar-refractivity contribution in [3.05, 3.63) is 34.3 Å². The summed E-state index contributed by atoms with van der Waals surface area (Å²) in [6, 6.07) is 7.98. The van der Waals surface area contributed by atoms with Crippen molar-refractivity contribution >= 4 is 34.4 Å². The van der Waals surface area contributed by atoms with Crippen LogP contribution in [-0.4, -0.2) is 13.7 Å². The van der Waals surface area contributed by atoms with E-state index in [0.29, 0.717) is 6.54 Å². The van der Waals surface area contributed by atoms with Gasteiger partial charge >= 0.3 is 0 Å². The number of rotatable bonds is 2. The summed E-state index contributed by atoms with van der Waals surface area (Å²) in [7, 11) is 1.58. The topological polar surface area (TPSA) is 30.5 Å². The molecule has 82 valence electrons. The lowest BCUT2D eigenvalue weighted by Crippen LogP contribution is -2.07. The molecule has 0 radical (unpaired) electrons. The lowest BCUT2D eigenvalue weighted by Gasteiger charge is -2.14. The minimum Gasteiger partial charge on any atom is -0.321 e. The van der Waals surface area contributed by atoms with E-state index in [1.165, 1.54) is 0 Å². The number of hydrogen-bond acceptors (Lipinski definition) is 3. The maximum absolute atomic E-state index is 5.73. The van der Waals surface area contributed by atoms with Crippen LogP contribution in [0.5, 0.6) is 0 Å². The van der Waals surface area contributed by atoms with Gasteiger partial charge in [0.15, 0.2) is 0 Å². The van der Waals surface area contributed by atoms with Crippen molar-refractivity contribution in [3.63, 3.8) is 0 Å². The maximum atomic E-state index is 5.73. The second kappa shape index (κ2) is 4.62. The van der Waals surface area contributed by atoms with E-state index in [2.05, 4.69) is 21.0 Å². The van der Waals surface area contributed by atoms with E-state index in [1.807, 2.05) is 24.3 Å². The number of hydrogen-bond donors (Lipinski definition) is 1. The van der Waals surface area contributed by atoms with Crippen LogP contribution in [0.25, 0.3) is 0 Å². The van der Waals surface area contributed by atoms with Crippen molar-refractivity contribution < 1.29 is 9.05 Å². The molecule has 1 N–H and O–H groups in total. The van der Waals surface area contributed by atoms with Gasteiger partial charge in [-0.15, -0.1) is 0 Å². The Bertz CT molecular complexity index is 415. The molecule has 0 aliphatic carbocycles. The van der Waals surface area contributed by atoms with Crippen molar-refractivity contribution in [2.24, 2.45) is 0 Å². The minimum absolute atomic E-state index is 0.0219. The smallest absolute Gasteiger partial charge is 0.261 e. The number of nitrogens with one attached hydrogen (secondary N) is 1. The molecule has 2 unspecified atom stereocenters. The molecule has 3 nitrogen and oxygen atoms in total. The highest BCUT2D eigenvalue weighted by Gasteiger charge is 2.32. The predicted molar refractivity (Wildman–Crippen MR) is 67.3 cm³/mol. The van der Waals surface area contributed by atoms with Gasteiger partial charge in [0, 0.05) is 18.1 Å². The Morgan fingerprint density at radius 3 is 2.93 bits per heavy atom. The fourth-order valence-electron chi connectivity index (χ4n) is 1.45. The van der Waals surface area contributed by atoms with Crippen LogP contribution in [0.4, 0.5) is 0 Å². The van der Waals surface area contributed by atoms with Crippen LogP contribution >= 0.6 is 22.6 Å². The Kier molecular flexibility index (Phi) is 3.60. The van der Waals surface area contributed by atoms with E-state index >= 15 is 0 Å².